The molecule has 0 aliphatic carbocycles. The van der Waals surface area contributed by atoms with E-state index < -0.39 is 34.5 Å². The maximum atomic E-state index is 12.4. The van der Waals surface area contributed by atoms with Crippen LogP contribution in [0.15, 0.2) is 53.4 Å². The number of hydrogen-bond acceptors (Lipinski definition) is 6. The Morgan fingerprint density at radius 1 is 0.784 bits per heavy atom. The molecule has 3 rings (SSSR count). The Hall–Kier alpha value is -2.99. The number of sulfonamides is 1. The number of piperidine rings is 1. The van der Waals surface area contributed by atoms with Crippen molar-refractivity contribution < 1.29 is 41.0 Å². The van der Waals surface area contributed by atoms with Crippen molar-refractivity contribution in [1.82, 2.24) is 4.31 Å². The summed E-state index contributed by atoms with van der Waals surface area (Å²) in [6, 6.07) is 14.3. The van der Waals surface area contributed by atoms with Gasteiger partial charge in [-0.2, -0.15) is 17.5 Å². The van der Waals surface area contributed by atoms with Crippen LogP contribution in [0.25, 0.3) is 0 Å². The summed E-state index contributed by atoms with van der Waals surface area (Å²) >= 11 is 0. The van der Waals surface area contributed by atoms with Crippen molar-refractivity contribution in [3.63, 3.8) is 0 Å². The lowest BCUT2D eigenvalue weighted by molar-refractivity contribution is -0.143. The van der Waals surface area contributed by atoms with Gasteiger partial charge < -0.3 is 19.9 Å². The second-order valence-electron chi connectivity index (χ2n) is 13.3. The summed E-state index contributed by atoms with van der Waals surface area (Å²) in [4.78, 5) is 11.1. The SMILES string of the molecule is CCCCCCCCCCNc1ccc(OCCCCCCCCCC(F)(F)F)cc1.COc1ccc(S(=O)(=O)N2CCC(C(=O)O)CC2)cc1. The van der Waals surface area contributed by atoms with Gasteiger partial charge in [-0.3, -0.25) is 4.79 Å². The molecule has 1 fully saturated rings. The molecule has 0 unspecified atom stereocenters. The second-order valence-corrected chi connectivity index (χ2v) is 15.2. The van der Waals surface area contributed by atoms with Crippen LogP contribution in [0.2, 0.25) is 0 Å². The van der Waals surface area contributed by atoms with Gasteiger partial charge in [0.1, 0.15) is 11.5 Å². The summed E-state index contributed by atoms with van der Waals surface area (Å²) in [6.45, 7) is 4.45. The Labute approximate surface area is 304 Å². The lowest BCUT2D eigenvalue weighted by Gasteiger charge is -2.29. The lowest BCUT2D eigenvalue weighted by Crippen LogP contribution is -2.40. The van der Waals surface area contributed by atoms with E-state index in [0.717, 1.165) is 50.1 Å². The first-order valence-electron chi connectivity index (χ1n) is 18.9. The zero-order valence-electron chi connectivity index (χ0n) is 30.7. The molecule has 0 bridgehead atoms. The van der Waals surface area contributed by atoms with Crippen molar-refractivity contribution in [3.8, 4) is 11.5 Å². The molecule has 1 saturated heterocycles. The highest BCUT2D eigenvalue weighted by Crippen LogP contribution is 2.26. The highest BCUT2D eigenvalue weighted by molar-refractivity contribution is 7.89. The van der Waals surface area contributed by atoms with Gasteiger partial charge in [0.05, 0.1) is 24.5 Å². The van der Waals surface area contributed by atoms with E-state index in [4.69, 9.17) is 14.6 Å². The number of carbonyl (C=O) groups is 1. The van der Waals surface area contributed by atoms with Crippen LogP contribution in [-0.4, -0.2) is 63.3 Å². The molecule has 0 aromatic heterocycles. The first-order valence-corrected chi connectivity index (χ1v) is 20.3. The summed E-state index contributed by atoms with van der Waals surface area (Å²) in [6.07, 6.45) is 12.7. The number of carboxylic acid groups (broad SMARTS) is 1. The number of ether oxygens (including phenoxy) is 2. The number of aliphatic carboxylic acids is 1. The Kier molecular flexibility index (Phi) is 21.7. The molecule has 2 aromatic carbocycles. The molecule has 8 nitrogen and oxygen atoms in total. The number of carboxylic acids is 1. The quantitative estimate of drug-likeness (QED) is 0.103. The van der Waals surface area contributed by atoms with Gasteiger partial charge in [-0.25, -0.2) is 8.42 Å². The monoisotopic (exact) mass is 742 g/mol. The molecule has 0 atom stereocenters. The largest absolute Gasteiger partial charge is 0.497 e. The number of nitrogens with zero attached hydrogens (tertiary/aromatic N) is 1. The minimum absolute atomic E-state index is 0.201. The lowest BCUT2D eigenvalue weighted by atomic mass is 9.99. The Morgan fingerprint density at radius 3 is 1.82 bits per heavy atom. The molecule has 0 spiro atoms. The highest BCUT2D eigenvalue weighted by Gasteiger charge is 2.32. The van der Waals surface area contributed by atoms with Gasteiger partial charge in [0.15, 0.2) is 0 Å². The third-order valence-electron chi connectivity index (χ3n) is 9.09. The van der Waals surface area contributed by atoms with Gasteiger partial charge in [-0.05, 0) is 80.6 Å². The van der Waals surface area contributed by atoms with Crippen molar-refractivity contribution in [2.24, 2.45) is 5.92 Å². The average Bonchev–Trinajstić information content (AvgIpc) is 3.12. The zero-order chi connectivity index (χ0) is 37.4. The van der Waals surface area contributed by atoms with E-state index in [-0.39, 0.29) is 24.4 Å². The standard InChI is InChI=1S/C26H44F3NO.C13H17NO5S/c1-2-3-4-5-6-9-12-15-22-30-24-17-19-25(20-18-24)31-23-16-13-10-7-8-11-14-21-26(27,28)29;1-19-11-2-4-12(5-3-11)20(17,18)14-8-6-10(7-9-14)13(15)16/h17-20,30H,2-16,21-23H2,1H3;2-5,10H,6-9H2,1H3,(H,15,16). The number of hydrogen-bond donors (Lipinski definition) is 2. The molecule has 290 valence electrons. The van der Waals surface area contributed by atoms with E-state index in [1.165, 1.54) is 74.9 Å². The topological polar surface area (TPSA) is 105 Å². The van der Waals surface area contributed by atoms with Crippen molar-refractivity contribution in [3.05, 3.63) is 48.5 Å². The predicted molar refractivity (Wildman–Crippen MR) is 198 cm³/mol. The van der Waals surface area contributed by atoms with Crippen molar-refractivity contribution in [1.29, 1.82) is 0 Å². The average molecular weight is 743 g/mol. The van der Waals surface area contributed by atoms with Crippen LogP contribution in [0.3, 0.4) is 0 Å². The van der Waals surface area contributed by atoms with E-state index in [9.17, 15) is 26.4 Å². The fraction of sp³-hybridized carbons (Fsp3) is 0.667. The van der Waals surface area contributed by atoms with E-state index >= 15 is 0 Å². The second kappa shape index (κ2) is 25.1. The molecule has 2 N–H and O–H groups in total. The third kappa shape index (κ3) is 19.4. The number of nitrogens with one attached hydrogen (secondary N) is 1. The summed E-state index contributed by atoms with van der Waals surface area (Å²) in [7, 11) is -2.04. The van der Waals surface area contributed by atoms with Crippen LogP contribution in [0.5, 0.6) is 11.5 Å². The molecule has 12 heteroatoms. The van der Waals surface area contributed by atoms with E-state index in [0.29, 0.717) is 31.6 Å². The third-order valence-corrected chi connectivity index (χ3v) is 11.0. The van der Waals surface area contributed by atoms with Gasteiger partial charge in [-0.15, -0.1) is 0 Å². The minimum atomic E-state index is -4.00. The van der Waals surface area contributed by atoms with Crippen LogP contribution < -0.4 is 14.8 Å². The number of anilines is 1. The summed E-state index contributed by atoms with van der Waals surface area (Å²) in [5, 5.41) is 12.4. The van der Waals surface area contributed by atoms with E-state index in [1.54, 1.807) is 12.1 Å². The van der Waals surface area contributed by atoms with E-state index in [1.807, 2.05) is 12.1 Å². The maximum Gasteiger partial charge on any atom is 0.389 e. The zero-order valence-corrected chi connectivity index (χ0v) is 31.5. The van der Waals surface area contributed by atoms with Crippen LogP contribution in [0.1, 0.15) is 122 Å². The Bertz CT molecular complexity index is 1300. The van der Waals surface area contributed by atoms with E-state index in [2.05, 4.69) is 24.4 Å². The molecule has 51 heavy (non-hydrogen) atoms. The number of alkyl halides is 3. The summed E-state index contributed by atoms with van der Waals surface area (Å²) in [5.74, 6) is 0.183. The fourth-order valence-corrected chi connectivity index (χ4v) is 7.37. The van der Waals surface area contributed by atoms with Crippen LogP contribution in [0, 0.1) is 5.92 Å². The summed E-state index contributed by atoms with van der Waals surface area (Å²) < 4.78 is 73.1. The smallest absolute Gasteiger partial charge is 0.389 e. The van der Waals surface area contributed by atoms with Crippen molar-refractivity contribution in [2.75, 3.05) is 38.7 Å². The normalized spacial score (nSPS) is 14.1. The molecule has 1 aliphatic rings. The molecule has 1 aliphatic heterocycles. The van der Waals surface area contributed by atoms with Gasteiger partial charge in [0.25, 0.3) is 0 Å². The number of methoxy groups -OCH3 is 1. The van der Waals surface area contributed by atoms with Crippen LogP contribution in [-0.2, 0) is 14.8 Å². The number of benzene rings is 2. The highest BCUT2D eigenvalue weighted by atomic mass is 32.2. The van der Waals surface area contributed by atoms with Gasteiger partial charge in [0.2, 0.25) is 10.0 Å². The predicted octanol–water partition coefficient (Wildman–Crippen LogP) is 10.5. The maximum absolute atomic E-state index is 12.4. The van der Waals surface area contributed by atoms with Crippen molar-refractivity contribution in [2.45, 2.75) is 134 Å². The molecule has 0 amide bonds. The Balaban J connectivity index is 0.000000386. The fourth-order valence-electron chi connectivity index (χ4n) is 5.90. The minimum Gasteiger partial charge on any atom is -0.497 e. The molecule has 0 radical (unpaired) electrons. The van der Waals surface area contributed by atoms with Gasteiger partial charge in [0, 0.05) is 31.7 Å². The first kappa shape index (κ1) is 44.2. The van der Waals surface area contributed by atoms with Crippen molar-refractivity contribution >= 4 is 21.7 Å². The summed E-state index contributed by atoms with van der Waals surface area (Å²) in [5.41, 5.74) is 1.14. The van der Waals surface area contributed by atoms with Crippen LogP contribution in [0.4, 0.5) is 18.9 Å². The number of unbranched alkanes of at least 4 members (excludes halogenated alkanes) is 13. The number of halogens is 3. The molecule has 1 heterocycles. The number of rotatable bonds is 24. The molecular formula is C39H61F3N2O6S. The first-order chi connectivity index (χ1) is 24.5. The molecule has 0 saturated carbocycles. The molecule has 2 aromatic rings. The molecular weight excluding hydrogens is 681 g/mol. The van der Waals surface area contributed by atoms with Crippen LogP contribution >= 0.6 is 0 Å². The Morgan fingerprint density at radius 2 is 1.29 bits per heavy atom. The van der Waals surface area contributed by atoms with Gasteiger partial charge >= 0.3 is 12.1 Å². The van der Waals surface area contributed by atoms with Gasteiger partial charge in [-0.1, -0.05) is 84.0 Å².